The van der Waals surface area contributed by atoms with Gasteiger partial charge in [-0.15, -0.1) is 0 Å². The van der Waals surface area contributed by atoms with Gasteiger partial charge in [0.1, 0.15) is 0 Å². The molecule has 110 valence electrons. The number of anilines is 2. The molecular weight excluding hydrogens is 266 g/mol. The van der Waals surface area contributed by atoms with Gasteiger partial charge in [0.05, 0.1) is 4.92 Å². The highest BCUT2D eigenvalue weighted by molar-refractivity contribution is 5.58. The van der Waals surface area contributed by atoms with Crippen molar-refractivity contribution in [3.8, 4) is 0 Å². The highest BCUT2D eigenvalue weighted by Crippen LogP contribution is 2.25. The lowest BCUT2D eigenvalue weighted by atomic mass is 10.1. The first-order chi connectivity index (χ1) is 10.0. The zero-order chi connectivity index (χ0) is 15.4. The molecule has 0 fully saturated rings. The molecule has 0 saturated carbocycles. The summed E-state index contributed by atoms with van der Waals surface area (Å²) in [5.74, 6) is 0. The van der Waals surface area contributed by atoms with Crippen LogP contribution in [0.1, 0.15) is 11.1 Å². The summed E-state index contributed by atoms with van der Waals surface area (Å²) in [6.45, 7) is 2.64. The number of benzene rings is 2. The summed E-state index contributed by atoms with van der Waals surface area (Å²) >= 11 is 0. The number of nitro groups is 1. The minimum absolute atomic E-state index is 0.112. The van der Waals surface area contributed by atoms with Crippen LogP contribution in [0.15, 0.2) is 42.5 Å². The van der Waals surface area contributed by atoms with Gasteiger partial charge >= 0.3 is 0 Å². The van der Waals surface area contributed by atoms with Crippen molar-refractivity contribution in [3.05, 3.63) is 63.7 Å². The lowest BCUT2D eigenvalue weighted by Crippen LogP contribution is -2.17. The molecule has 0 aliphatic heterocycles. The molecule has 0 unspecified atom stereocenters. The van der Waals surface area contributed by atoms with Crippen LogP contribution in [-0.2, 0) is 6.54 Å². The highest BCUT2D eigenvalue weighted by atomic mass is 16.6. The molecule has 5 nitrogen and oxygen atoms in total. The summed E-state index contributed by atoms with van der Waals surface area (Å²) in [5.41, 5.74) is 4.20. The van der Waals surface area contributed by atoms with Gasteiger partial charge in [0.2, 0.25) is 0 Å². The van der Waals surface area contributed by atoms with Crippen molar-refractivity contribution in [3.63, 3.8) is 0 Å². The predicted octanol–water partition coefficient (Wildman–Crippen LogP) is 3.58. The Bertz CT molecular complexity index is 638. The summed E-state index contributed by atoms with van der Waals surface area (Å²) in [6, 6.07) is 13.1. The van der Waals surface area contributed by atoms with E-state index in [-0.39, 0.29) is 10.6 Å². The summed E-state index contributed by atoms with van der Waals surface area (Å²) in [7, 11) is 3.79. The van der Waals surface area contributed by atoms with Crippen molar-refractivity contribution in [2.75, 3.05) is 24.3 Å². The van der Waals surface area contributed by atoms with Gasteiger partial charge in [0.15, 0.2) is 0 Å². The van der Waals surface area contributed by atoms with Crippen molar-refractivity contribution in [2.24, 2.45) is 0 Å². The van der Waals surface area contributed by atoms with E-state index in [1.807, 2.05) is 33.2 Å². The molecule has 2 rings (SSSR count). The molecule has 0 saturated heterocycles. The molecule has 2 aromatic rings. The number of hydrogen-bond acceptors (Lipinski definition) is 4. The van der Waals surface area contributed by atoms with E-state index in [9.17, 15) is 10.1 Å². The van der Waals surface area contributed by atoms with Crippen LogP contribution in [0.2, 0.25) is 0 Å². The van der Waals surface area contributed by atoms with Crippen LogP contribution in [0.5, 0.6) is 0 Å². The van der Waals surface area contributed by atoms with E-state index in [2.05, 4.69) is 22.3 Å². The van der Waals surface area contributed by atoms with Crippen molar-refractivity contribution in [1.29, 1.82) is 0 Å². The Kier molecular flexibility index (Phi) is 4.42. The molecule has 0 heterocycles. The Morgan fingerprint density at radius 3 is 2.43 bits per heavy atom. The molecule has 0 aromatic heterocycles. The van der Waals surface area contributed by atoms with Gasteiger partial charge in [-0.05, 0) is 25.1 Å². The van der Waals surface area contributed by atoms with E-state index < -0.39 is 0 Å². The zero-order valence-corrected chi connectivity index (χ0v) is 12.5. The van der Waals surface area contributed by atoms with Crippen LogP contribution in [0.3, 0.4) is 0 Å². The van der Waals surface area contributed by atoms with E-state index in [4.69, 9.17) is 0 Å². The molecule has 0 atom stereocenters. The second-order valence-corrected chi connectivity index (χ2v) is 5.04. The summed E-state index contributed by atoms with van der Waals surface area (Å²) in [5, 5.41) is 14.0. The van der Waals surface area contributed by atoms with Crippen molar-refractivity contribution in [1.82, 2.24) is 0 Å². The number of nitrogens with zero attached hydrogens (tertiary/aromatic N) is 2. The Labute approximate surface area is 124 Å². The summed E-state index contributed by atoms with van der Waals surface area (Å²) in [6.07, 6.45) is 0. The number of nitro benzene ring substituents is 1. The largest absolute Gasteiger partial charge is 0.388 e. The van der Waals surface area contributed by atoms with Gasteiger partial charge in [0, 0.05) is 49.7 Å². The van der Waals surface area contributed by atoms with E-state index in [1.165, 1.54) is 11.6 Å². The van der Waals surface area contributed by atoms with Crippen LogP contribution in [0, 0.1) is 17.0 Å². The van der Waals surface area contributed by atoms with Gasteiger partial charge in [-0.2, -0.15) is 0 Å². The average Bonchev–Trinajstić information content (AvgIpc) is 2.47. The Morgan fingerprint density at radius 1 is 1.19 bits per heavy atom. The van der Waals surface area contributed by atoms with E-state index in [0.29, 0.717) is 6.54 Å². The summed E-state index contributed by atoms with van der Waals surface area (Å²) < 4.78 is 0. The lowest BCUT2D eigenvalue weighted by molar-refractivity contribution is -0.384. The van der Waals surface area contributed by atoms with Gasteiger partial charge in [-0.3, -0.25) is 10.1 Å². The molecule has 2 aromatic carbocycles. The first-order valence-electron chi connectivity index (χ1n) is 6.74. The van der Waals surface area contributed by atoms with Crippen LogP contribution < -0.4 is 10.2 Å². The molecule has 0 aliphatic rings. The molecule has 0 spiro atoms. The fourth-order valence-corrected chi connectivity index (χ4v) is 2.21. The lowest BCUT2D eigenvalue weighted by Gasteiger charge is -2.21. The van der Waals surface area contributed by atoms with Gasteiger partial charge < -0.3 is 10.2 Å². The second kappa shape index (κ2) is 6.26. The maximum absolute atomic E-state index is 10.9. The maximum Gasteiger partial charge on any atom is 0.269 e. The van der Waals surface area contributed by atoms with Crippen LogP contribution in [0.25, 0.3) is 0 Å². The standard InChI is InChI=1S/C16H19N3O2/c1-12-4-6-14(7-5-12)18(3)11-13-10-15(19(20)21)8-9-16(13)17-2/h4-10,17H,11H2,1-3H3. The smallest absolute Gasteiger partial charge is 0.269 e. The van der Waals surface area contributed by atoms with Crippen molar-refractivity contribution >= 4 is 17.1 Å². The van der Waals surface area contributed by atoms with Crippen LogP contribution in [-0.4, -0.2) is 19.0 Å². The van der Waals surface area contributed by atoms with Gasteiger partial charge in [0.25, 0.3) is 5.69 Å². The molecule has 5 heteroatoms. The van der Waals surface area contributed by atoms with Gasteiger partial charge in [-0.1, -0.05) is 17.7 Å². The normalized spacial score (nSPS) is 10.2. The molecule has 0 bridgehead atoms. The molecule has 1 N–H and O–H groups in total. The minimum atomic E-state index is -0.366. The fourth-order valence-electron chi connectivity index (χ4n) is 2.21. The van der Waals surface area contributed by atoms with Crippen LogP contribution >= 0.6 is 0 Å². The number of nitrogens with one attached hydrogen (secondary N) is 1. The fraction of sp³-hybridized carbons (Fsp3) is 0.250. The predicted molar refractivity (Wildman–Crippen MR) is 85.9 cm³/mol. The molecule has 0 aliphatic carbocycles. The number of aryl methyl sites for hydroxylation is 1. The third kappa shape index (κ3) is 3.51. The molecule has 0 radical (unpaired) electrons. The van der Waals surface area contributed by atoms with Crippen LogP contribution in [0.4, 0.5) is 17.1 Å². The Hall–Kier alpha value is -2.56. The van der Waals surface area contributed by atoms with E-state index in [0.717, 1.165) is 16.9 Å². The third-order valence-corrected chi connectivity index (χ3v) is 3.45. The van der Waals surface area contributed by atoms with Gasteiger partial charge in [-0.25, -0.2) is 0 Å². The maximum atomic E-state index is 10.9. The third-order valence-electron chi connectivity index (χ3n) is 3.45. The average molecular weight is 285 g/mol. The van der Waals surface area contributed by atoms with Crippen molar-refractivity contribution < 1.29 is 4.92 Å². The molecule has 21 heavy (non-hydrogen) atoms. The monoisotopic (exact) mass is 285 g/mol. The highest BCUT2D eigenvalue weighted by Gasteiger charge is 2.12. The summed E-state index contributed by atoms with van der Waals surface area (Å²) in [4.78, 5) is 12.6. The zero-order valence-electron chi connectivity index (χ0n) is 12.5. The first kappa shape index (κ1) is 14.8. The Morgan fingerprint density at radius 2 is 1.86 bits per heavy atom. The number of rotatable bonds is 5. The topological polar surface area (TPSA) is 58.4 Å². The van der Waals surface area contributed by atoms with Crippen molar-refractivity contribution in [2.45, 2.75) is 13.5 Å². The Balaban J connectivity index is 2.26. The van der Waals surface area contributed by atoms with E-state index >= 15 is 0 Å². The minimum Gasteiger partial charge on any atom is -0.388 e. The number of hydrogen-bond donors (Lipinski definition) is 1. The van der Waals surface area contributed by atoms with E-state index in [1.54, 1.807) is 12.1 Å². The molecular formula is C16H19N3O2. The number of non-ortho nitro benzene ring substituents is 1. The first-order valence-corrected chi connectivity index (χ1v) is 6.74. The molecule has 0 amide bonds. The second-order valence-electron chi connectivity index (χ2n) is 5.04. The SMILES string of the molecule is CNc1ccc([N+](=O)[O-])cc1CN(C)c1ccc(C)cc1. The quantitative estimate of drug-likeness (QED) is 0.674.